The number of likely N-dealkylation sites (tertiary alicyclic amines) is 2. The Labute approximate surface area is 153 Å². The molecule has 0 saturated carbocycles. The van der Waals surface area contributed by atoms with E-state index in [1.165, 1.54) is 42.9 Å². The Morgan fingerprint density at radius 1 is 1.12 bits per heavy atom. The Morgan fingerprint density at radius 2 is 1.84 bits per heavy atom. The van der Waals surface area contributed by atoms with Crippen LogP contribution in [0.2, 0.25) is 0 Å². The standard InChI is InChI=1S/C20H36N4O/c1-15(2)24-17(4)20(16(3)21-24)13-22-9-5-6-19(12-22)23-10-7-18(14-25)8-11-23/h15,18-19,25H,5-14H2,1-4H3. The van der Waals surface area contributed by atoms with Crippen LogP contribution >= 0.6 is 0 Å². The predicted molar refractivity (Wildman–Crippen MR) is 102 cm³/mol. The van der Waals surface area contributed by atoms with Gasteiger partial charge >= 0.3 is 0 Å². The maximum Gasteiger partial charge on any atom is 0.0641 e. The van der Waals surface area contributed by atoms with Gasteiger partial charge in [0, 0.05) is 43.0 Å². The Morgan fingerprint density at radius 3 is 2.44 bits per heavy atom. The lowest BCUT2D eigenvalue weighted by Gasteiger charge is -2.42. The van der Waals surface area contributed by atoms with Crippen molar-refractivity contribution >= 4 is 0 Å². The van der Waals surface area contributed by atoms with Gasteiger partial charge in [-0.25, -0.2) is 0 Å². The molecule has 2 fully saturated rings. The SMILES string of the molecule is Cc1nn(C(C)C)c(C)c1CN1CCCC(N2CCC(CO)CC2)C1. The van der Waals surface area contributed by atoms with Crippen molar-refractivity contribution in [3.05, 3.63) is 17.0 Å². The van der Waals surface area contributed by atoms with Gasteiger partial charge in [-0.15, -0.1) is 0 Å². The summed E-state index contributed by atoms with van der Waals surface area (Å²) in [6.45, 7) is 14.9. The summed E-state index contributed by atoms with van der Waals surface area (Å²) in [5.74, 6) is 0.531. The maximum absolute atomic E-state index is 9.35. The van der Waals surface area contributed by atoms with E-state index in [1.807, 2.05) is 0 Å². The van der Waals surface area contributed by atoms with Gasteiger partial charge in [-0.1, -0.05) is 0 Å². The lowest BCUT2D eigenvalue weighted by Crippen LogP contribution is -2.50. The van der Waals surface area contributed by atoms with Crippen LogP contribution in [-0.4, -0.2) is 63.5 Å². The van der Waals surface area contributed by atoms with Crippen molar-refractivity contribution in [3.63, 3.8) is 0 Å². The van der Waals surface area contributed by atoms with Gasteiger partial charge < -0.3 is 5.11 Å². The average Bonchev–Trinajstić information content (AvgIpc) is 2.90. The lowest BCUT2D eigenvalue weighted by atomic mass is 9.94. The van der Waals surface area contributed by atoms with Crippen molar-refractivity contribution in [2.45, 2.75) is 72.0 Å². The molecule has 0 aliphatic carbocycles. The monoisotopic (exact) mass is 348 g/mol. The molecule has 0 spiro atoms. The van der Waals surface area contributed by atoms with Crippen LogP contribution < -0.4 is 0 Å². The van der Waals surface area contributed by atoms with E-state index >= 15 is 0 Å². The summed E-state index contributed by atoms with van der Waals surface area (Å²) in [5.41, 5.74) is 3.95. The first-order chi connectivity index (χ1) is 12.0. The van der Waals surface area contributed by atoms with Crippen molar-refractivity contribution in [1.82, 2.24) is 19.6 Å². The van der Waals surface area contributed by atoms with Gasteiger partial charge in [0.2, 0.25) is 0 Å². The molecular weight excluding hydrogens is 312 g/mol. The topological polar surface area (TPSA) is 44.5 Å². The maximum atomic E-state index is 9.35. The summed E-state index contributed by atoms with van der Waals surface area (Å²) in [7, 11) is 0. The molecule has 0 radical (unpaired) electrons. The van der Waals surface area contributed by atoms with Crippen LogP contribution in [0.1, 0.15) is 62.5 Å². The predicted octanol–water partition coefficient (Wildman–Crippen LogP) is 2.75. The van der Waals surface area contributed by atoms with Gasteiger partial charge in [-0.3, -0.25) is 14.5 Å². The normalized spacial score (nSPS) is 24.3. The van der Waals surface area contributed by atoms with Gasteiger partial charge in [-0.2, -0.15) is 5.10 Å². The summed E-state index contributed by atoms with van der Waals surface area (Å²) in [5, 5.41) is 14.1. The van der Waals surface area contributed by atoms with Gasteiger partial charge in [0.1, 0.15) is 0 Å². The minimum atomic E-state index is 0.364. The number of aromatic nitrogens is 2. The van der Waals surface area contributed by atoms with E-state index in [0.717, 1.165) is 32.5 Å². The van der Waals surface area contributed by atoms with Crippen molar-refractivity contribution in [2.75, 3.05) is 32.8 Å². The van der Waals surface area contributed by atoms with Gasteiger partial charge in [0.25, 0.3) is 0 Å². The molecule has 5 heteroatoms. The largest absolute Gasteiger partial charge is 0.396 e. The van der Waals surface area contributed by atoms with E-state index in [0.29, 0.717) is 24.6 Å². The molecule has 25 heavy (non-hydrogen) atoms. The molecule has 2 aliphatic heterocycles. The second-order valence-corrected chi connectivity index (χ2v) is 8.38. The first-order valence-corrected chi connectivity index (χ1v) is 10.1. The zero-order valence-corrected chi connectivity index (χ0v) is 16.5. The highest BCUT2D eigenvalue weighted by molar-refractivity contribution is 5.25. The third-order valence-electron chi connectivity index (χ3n) is 6.25. The minimum absolute atomic E-state index is 0.364. The summed E-state index contributed by atoms with van der Waals surface area (Å²) in [6.07, 6.45) is 4.93. The highest BCUT2D eigenvalue weighted by atomic mass is 16.3. The highest BCUT2D eigenvalue weighted by Gasteiger charge is 2.29. The fourth-order valence-corrected chi connectivity index (χ4v) is 4.63. The molecule has 1 N–H and O–H groups in total. The van der Waals surface area contributed by atoms with E-state index in [-0.39, 0.29) is 0 Å². The molecule has 0 amide bonds. The van der Waals surface area contributed by atoms with Gasteiger partial charge in [0.15, 0.2) is 0 Å². The average molecular weight is 349 g/mol. The number of aliphatic hydroxyl groups excluding tert-OH is 1. The zero-order valence-electron chi connectivity index (χ0n) is 16.5. The molecule has 2 saturated heterocycles. The fraction of sp³-hybridized carbons (Fsp3) is 0.850. The molecule has 5 nitrogen and oxygen atoms in total. The molecule has 1 unspecified atom stereocenters. The fourth-order valence-electron chi connectivity index (χ4n) is 4.63. The number of hydrogen-bond acceptors (Lipinski definition) is 4. The van der Waals surface area contributed by atoms with Crippen LogP contribution in [0.5, 0.6) is 0 Å². The van der Waals surface area contributed by atoms with Gasteiger partial charge in [-0.05, 0) is 78.9 Å². The molecule has 1 atom stereocenters. The number of aryl methyl sites for hydroxylation is 1. The summed E-state index contributed by atoms with van der Waals surface area (Å²) in [6, 6.07) is 1.11. The van der Waals surface area contributed by atoms with Crippen LogP contribution in [0.3, 0.4) is 0 Å². The molecule has 0 aromatic carbocycles. The Bertz CT molecular complexity index is 560. The molecule has 2 aliphatic rings. The van der Waals surface area contributed by atoms with Crippen molar-refractivity contribution in [2.24, 2.45) is 5.92 Å². The smallest absolute Gasteiger partial charge is 0.0641 e. The van der Waals surface area contributed by atoms with E-state index in [9.17, 15) is 5.11 Å². The van der Waals surface area contributed by atoms with Crippen molar-refractivity contribution in [3.8, 4) is 0 Å². The molecule has 142 valence electrons. The third-order valence-corrected chi connectivity index (χ3v) is 6.25. The van der Waals surface area contributed by atoms with E-state index < -0.39 is 0 Å². The number of rotatable bonds is 5. The first-order valence-electron chi connectivity index (χ1n) is 10.1. The molecule has 1 aromatic heterocycles. The first kappa shape index (κ1) is 18.9. The number of hydrogen-bond donors (Lipinski definition) is 1. The Hall–Kier alpha value is -0.910. The quantitative estimate of drug-likeness (QED) is 0.889. The molecule has 0 bridgehead atoms. The molecular formula is C20H36N4O. The van der Waals surface area contributed by atoms with Crippen LogP contribution in [0.15, 0.2) is 0 Å². The number of nitrogens with zero attached hydrogens (tertiary/aromatic N) is 4. The second kappa shape index (κ2) is 8.19. The van der Waals surface area contributed by atoms with Crippen LogP contribution in [-0.2, 0) is 6.54 Å². The molecule has 3 heterocycles. The number of piperidine rings is 2. The van der Waals surface area contributed by atoms with Crippen molar-refractivity contribution < 1.29 is 5.11 Å². The third kappa shape index (κ3) is 4.26. The highest BCUT2D eigenvalue weighted by Crippen LogP contribution is 2.25. The van der Waals surface area contributed by atoms with E-state index in [2.05, 4.69) is 42.2 Å². The minimum Gasteiger partial charge on any atom is -0.396 e. The van der Waals surface area contributed by atoms with Crippen LogP contribution in [0.4, 0.5) is 0 Å². The van der Waals surface area contributed by atoms with E-state index in [4.69, 9.17) is 5.10 Å². The van der Waals surface area contributed by atoms with Crippen molar-refractivity contribution in [1.29, 1.82) is 0 Å². The molecule has 1 aromatic rings. The van der Waals surface area contributed by atoms with Crippen LogP contribution in [0.25, 0.3) is 0 Å². The second-order valence-electron chi connectivity index (χ2n) is 8.38. The Kier molecular flexibility index (Phi) is 6.18. The lowest BCUT2D eigenvalue weighted by molar-refractivity contribution is 0.0543. The van der Waals surface area contributed by atoms with Crippen LogP contribution in [0, 0.1) is 19.8 Å². The zero-order chi connectivity index (χ0) is 18.0. The number of aliphatic hydroxyl groups is 1. The van der Waals surface area contributed by atoms with Gasteiger partial charge in [0.05, 0.1) is 5.69 Å². The summed E-state index contributed by atoms with van der Waals surface area (Å²) >= 11 is 0. The van der Waals surface area contributed by atoms with E-state index in [1.54, 1.807) is 0 Å². The summed E-state index contributed by atoms with van der Waals surface area (Å²) < 4.78 is 2.17. The molecule has 3 rings (SSSR count). The summed E-state index contributed by atoms with van der Waals surface area (Å²) in [4.78, 5) is 5.31. The Balaban J connectivity index is 1.61.